The summed E-state index contributed by atoms with van der Waals surface area (Å²) < 4.78 is 1.74. The molecule has 0 spiro atoms. The van der Waals surface area contributed by atoms with Gasteiger partial charge < -0.3 is 10.0 Å². The van der Waals surface area contributed by atoms with Crippen molar-refractivity contribution < 1.29 is 5.11 Å². The third-order valence-electron chi connectivity index (χ3n) is 5.40. The Hall–Kier alpha value is -1.95. The number of aliphatic hydroxyl groups excluding tert-OH is 1. The molecule has 6 nitrogen and oxygen atoms in total. The smallest absolute Gasteiger partial charge is 0.175 e. The molecule has 6 heteroatoms. The molecule has 3 heterocycles. The minimum absolute atomic E-state index is 0.257. The number of aliphatic hydroxyl groups is 1. The van der Waals surface area contributed by atoms with Gasteiger partial charge in [0.1, 0.15) is 0 Å². The van der Waals surface area contributed by atoms with Crippen molar-refractivity contribution in [2.75, 3.05) is 11.4 Å². The van der Waals surface area contributed by atoms with Gasteiger partial charge in [0.05, 0.1) is 11.8 Å². The molecule has 2 aliphatic rings. The van der Waals surface area contributed by atoms with E-state index in [1.54, 1.807) is 4.68 Å². The van der Waals surface area contributed by atoms with Gasteiger partial charge in [0.25, 0.3) is 0 Å². The maximum atomic E-state index is 10.2. The quantitative estimate of drug-likeness (QED) is 0.938. The number of anilines is 1. The van der Waals surface area contributed by atoms with Crippen LogP contribution in [0.15, 0.2) is 24.4 Å². The number of nitrogens with zero attached hydrogens (tertiary/aromatic N) is 5. The minimum atomic E-state index is -0.257. The molecule has 24 heavy (non-hydrogen) atoms. The monoisotopic (exact) mass is 327 g/mol. The molecule has 2 aromatic rings. The predicted molar refractivity (Wildman–Crippen MR) is 92.2 cm³/mol. The van der Waals surface area contributed by atoms with Crippen LogP contribution in [-0.2, 0) is 0 Å². The van der Waals surface area contributed by atoms with Crippen LogP contribution in [0.2, 0.25) is 0 Å². The van der Waals surface area contributed by atoms with Crippen molar-refractivity contribution in [2.45, 2.75) is 57.6 Å². The van der Waals surface area contributed by atoms with Crippen molar-refractivity contribution in [1.29, 1.82) is 0 Å². The summed E-state index contributed by atoms with van der Waals surface area (Å²) >= 11 is 0. The van der Waals surface area contributed by atoms with Gasteiger partial charge in [0.2, 0.25) is 0 Å². The predicted octanol–water partition coefficient (Wildman–Crippen LogP) is 2.49. The average molecular weight is 327 g/mol. The van der Waals surface area contributed by atoms with Crippen molar-refractivity contribution >= 4 is 5.82 Å². The van der Waals surface area contributed by atoms with Crippen LogP contribution < -0.4 is 4.90 Å². The summed E-state index contributed by atoms with van der Waals surface area (Å²) in [4.78, 5) is 2.27. The first-order valence-corrected chi connectivity index (χ1v) is 9.02. The van der Waals surface area contributed by atoms with Gasteiger partial charge in [0, 0.05) is 18.8 Å². The van der Waals surface area contributed by atoms with E-state index in [9.17, 15) is 5.11 Å². The molecule has 1 saturated carbocycles. The molecule has 1 aliphatic carbocycles. The lowest BCUT2D eigenvalue weighted by molar-refractivity contribution is 0.185. The molecule has 1 saturated heterocycles. The van der Waals surface area contributed by atoms with Gasteiger partial charge in [-0.2, -0.15) is 5.10 Å². The zero-order valence-corrected chi connectivity index (χ0v) is 14.2. The summed E-state index contributed by atoms with van der Waals surface area (Å²) in [5, 5.41) is 23.3. The van der Waals surface area contributed by atoms with Crippen LogP contribution in [0.1, 0.15) is 44.2 Å². The van der Waals surface area contributed by atoms with Gasteiger partial charge in [-0.1, -0.05) is 19.3 Å². The summed E-state index contributed by atoms with van der Waals surface area (Å²) in [6.45, 7) is 2.62. The Kier molecular flexibility index (Phi) is 4.22. The molecular weight excluding hydrogens is 302 g/mol. The van der Waals surface area contributed by atoms with Crippen molar-refractivity contribution in [2.24, 2.45) is 5.92 Å². The Morgan fingerprint density at radius 2 is 1.79 bits per heavy atom. The Morgan fingerprint density at radius 1 is 1.04 bits per heavy atom. The van der Waals surface area contributed by atoms with Crippen LogP contribution in [0.5, 0.6) is 0 Å². The van der Waals surface area contributed by atoms with Crippen molar-refractivity contribution in [3.63, 3.8) is 0 Å². The highest BCUT2D eigenvalue weighted by Gasteiger charge is 2.37. The first-order valence-electron chi connectivity index (χ1n) is 9.02. The fourth-order valence-electron chi connectivity index (χ4n) is 4.21. The van der Waals surface area contributed by atoms with E-state index >= 15 is 0 Å². The van der Waals surface area contributed by atoms with Crippen LogP contribution in [0.4, 0.5) is 5.82 Å². The van der Waals surface area contributed by atoms with E-state index in [1.807, 2.05) is 31.3 Å². The first-order chi connectivity index (χ1) is 11.7. The number of aromatic nitrogens is 4. The van der Waals surface area contributed by atoms with Crippen LogP contribution in [0, 0.1) is 12.8 Å². The maximum absolute atomic E-state index is 10.2. The molecule has 0 amide bonds. The largest absolute Gasteiger partial charge is 0.391 e. The summed E-state index contributed by atoms with van der Waals surface area (Å²) in [6.07, 6.45) is 9.01. The summed E-state index contributed by atoms with van der Waals surface area (Å²) in [5.74, 6) is 2.27. The molecule has 0 aromatic carbocycles. The Labute approximate surface area is 142 Å². The summed E-state index contributed by atoms with van der Waals surface area (Å²) in [6, 6.07) is 6.31. The van der Waals surface area contributed by atoms with E-state index in [0.29, 0.717) is 18.5 Å². The van der Waals surface area contributed by atoms with Gasteiger partial charge in [0.15, 0.2) is 11.6 Å². The van der Waals surface area contributed by atoms with E-state index in [-0.39, 0.29) is 6.10 Å². The molecule has 2 fully saturated rings. The molecule has 1 aliphatic heterocycles. The fourth-order valence-corrected chi connectivity index (χ4v) is 4.21. The van der Waals surface area contributed by atoms with Gasteiger partial charge in [-0.05, 0) is 50.3 Å². The lowest BCUT2D eigenvalue weighted by atomic mass is 9.83. The van der Waals surface area contributed by atoms with E-state index in [0.717, 1.165) is 23.8 Å². The lowest BCUT2D eigenvalue weighted by Gasteiger charge is -2.34. The molecule has 0 unspecified atom stereocenters. The maximum Gasteiger partial charge on any atom is 0.175 e. The molecule has 1 N–H and O–H groups in total. The number of β-amino-alcohol motifs (C(OH)–C–C–N with tert-alkyl or cyclic N) is 1. The zero-order chi connectivity index (χ0) is 16.5. The highest BCUT2D eigenvalue weighted by atomic mass is 16.3. The Bertz CT molecular complexity index is 677. The zero-order valence-electron chi connectivity index (χ0n) is 14.2. The van der Waals surface area contributed by atoms with E-state index < -0.39 is 0 Å². The molecule has 128 valence electrons. The van der Waals surface area contributed by atoms with E-state index in [2.05, 4.69) is 20.2 Å². The Balaban J connectivity index is 1.55. The summed E-state index contributed by atoms with van der Waals surface area (Å²) in [7, 11) is 0. The van der Waals surface area contributed by atoms with Crippen LogP contribution in [0.3, 0.4) is 0 Å². The number of hydrogen-bond donors (Lipinski definition) is 1. The third kappa shape index (κ3) is 3.02. The van der Waals surface area contributed by atoms with E-state index in [4.69, 9.17) is 0 Å². The number of hydrogen-bond acceptors (Lipinski definition) is 5. The van der Waals surface area contributed by atoms with Gasteiger partial charge in [-0.15, -0.1) is 10.2 Å². The number of aryl methyl sites for hydroxylation is 1. The highest BCUT2D eigenvalue weighted by molar-refractivity contribution is 5.43. The minimum Gasteiger partial charge on any atom is -0.391 e. The van der Waals surface area contributed by atoms with Gasteiger partial charge in [-0.25, -0.2) is 4.68 Å². The van der Waals surface area contributed by atoms with Crippen molar-refractivity contribution in [3.8, 4) is 5.82 Å². The SMILES string of the molecule is Cc1ccn(-c2ccc(N3C[C@@H](O)C[C@@H]3C3CCCCC3)nn2)n1. The lowest BCUT2D eigenvalue weighted by Crippen LogP contribution is -2.37. The Morgan fingerprint density at radius 3 is 2.46 bits per heavy atom. The van der Waals surface area contributed by atoms with Gasteiger partial charge in [-0.3, -0.25) is 0 Å². The van der Waals surface area contributed by atoms with E-state index in [1.165, 1.54) is 32.1 Å². The number of rotatable bonds is 3. The first kappa shape index (κ1) is 15.6. The highest BCUT2D eigenvalue weighted by Crippen LogP contribution is 2.36. The van der Waals surface area contributed by atoms with Crippen molar-refractivity contribution in [1.82, 2.24) is 20.0 Å². The molecule has 0 radical (unpaired) electrons. The standard InChI is InChI=1S/C18H25N5O/c1-13-9-10-23(21-13)18-8-7-17(19-20-18)22-12-15(24)11-16(22)14-5-3-2-4-6-14/h7-10,14-16,24H,2-6,11-12H2,1H3/t15-,16+/m0/s1. The third-order valence-corrected chi connectivity index (χ3v) is 5.40. The normalized spacial score (nSPS) is 25.3. The average Bonchev–Trinajstić information content (AvgIpc) is 3.22. The van der Waals surface area contributed by atoms with Crippen molar-refractivity contribution in [3.05, 3.63) is 30.1 Å². The molecule has 0 bridgehead atoms. The fraction of sp³-hybridized carbons (Fsp3) is 0.611. The summed E-state index contributed by atoms with van der Waals surface area (Å²) in [5.41, 5.74) is 0.959. The van der Waals surface area contributed by atoms with Crippen LogP contribution >= 0.6 is 0 Å². The molecular formula is C18H25N5O. The second kappa shape index (κ2) is 6.51. The van der Waals surface area contributed by atoms with Crippen LogP contribution in [-0.4, -0.2) is 43.8 Å². The topological polar surface area (TPSA) is 67.1 Å². The second-order valence-corrected chi connectivity index (χ2v) is 7.16. The second-order valence-electron chi connectivity index (χ2n) is 7.16. The molecule has 2 atom stereocenters. The molecule has 4 rings (SSSR count). The van der Waals surface area contributed by atoms with Gasteiger partial charge >= 0.3 is 0 Å². The van der Waals surface area contributed by atoms with Crippen LogP contribution in [0.25, 0.3) is 5.82 Å². The molecule has 2 aromatic heterocycles.